The lowest BCUT2D eigenvalue weighted by Crippen LogP contribution is -2.50. The smallest absolute Gasteiger partial charge is 0.410 e. The van der Waals surface area contributed by atoms with E-state index in [-0.39, 0.29) is 12.7 Å². The summed E-state index contributed by atoms with van der Waals surface area (Å²) in [6.07, 6.45) is 10.5. The molecule has 2 aliphatic rings. The highest BCUT2D eigenvalue weighted by Gasteiger charge is 2.45. The van der Waals surface area contributed by atoms with Gasteiger partial charge in [-0.1, -0.05) is 36.3 Å². The number of amides is 1. The van der Waals surface area contributed by atoms with Crippen LogP contribution in [0.25, 0.3) is 0 Å². The Hall–Kier alpha value is -2.08. The minimum absolute atomic E-state index is 0.0771. The predicted octanol–water partition coefficient (Wildman–Crippen LogP) is 2.49. The summed E-state index contributed by atoms with van der Waals surface area (Å²) in [7, 11) is -2.17. The molecule has 0 unspecified atom stereocenters. The average molecular weight is 435 g/mol. The molecule has 1 aliphatic heterocycles. The molecule has 1 aliphatic carbocycles. The number of carbonyl (C=O) groups excluding carboxylic acids is 1. The van der Waals surface area contributed by atoms with Crippen LogP contribution >= 0.6 is 0 Å². The van der Waals surface area contributed by atoms with Crippen molar-refractivity contribution < 1.29 is 22.7 Å². The van der Waals surface area contributed by atoms with E-state index in [4.69, 9.17) is 15.9 Å². The maximum atomic E-state index is 12.3. The number of methoxy groups -OCH3 is 1. The van der Waals surface area contributed by atoms with Crippen molar-refractivity contribution in [2.75, 3.05) is 20.0 Å². The zero-order chi connectivity index (χ0) is 21.7. The van der Waals surface area contributed by atoms with Crippen LogP contribution in [0.1, 0.15) is 43.6 Å². The summed E-state index contributed by atoms with van der Waals surface area (Å²) in [6, 6.07) is 8.92. The number of carbonyl (C=O) groups is 1. The van der Waals surface area contributed by atoms with Gasteiger partial charge in [0.2, 0.25) is 10.0 Å². The molecule has 1 saturated heterocycles. The topological polar surface area (TPSA) is 84.9 Å². The van der Waals surface area contributed by atoms with Crippen molar-refractivity contribution in [2.24, 2.45) is 0 Å². The summed E-state index contributed by atoms with van der Waals surface area (Å²) in [6.45, 7) is 0.209. The van der Waals surface area contributed by atoms with Gasteiger partial charge in [-0.25, -0.2) is 17.9 Å². The first kappa shape index (κ1) is 22.6. The van der Waals surface area contributed by atoms with Crippen molar-refractivity contribution in [1.29, 1.82) is 0 Å². The van der Waals surface area contributed by atoms with Gasteiger partial charge in [0, 0.05) is 6.04 Å². The van der Waals surface area contributed by atoms with Gasteiger partial charge >= 0.3 is 6.09 Å². The molecule has 1 aromatic rings. The summed E-state index contributed by atoms with van der Waals surface area (Å²) in [5.74, 6) is 3.11. The molecule has 7 nitrogen and oxygen atoms in total. The first-order valence-corrected chi connectivity index (χ1v) is 12.2. The van der Waals surface area contributed by atoms with E-state index in [0.29, 0.717) is 12.3 Å². The molecule has 30 heavy (non-hydrogen) atoms. The van der Waals surface area contributed by atoms with E-state index in [2.05, 4.69) is 34.9 Å². The number of hydrogen-bond acceptors (Lipinski definition) is 5. The third kappa shape index (κ3) is 5.54. The van der Waals surface area contributed by atoms with Gasteiger partial charge in [-0.2, -0.15) is 0 Å². The normalized spacial score (nSPS) is 29.4. The molecule has 0 bridgehead atoms. The van der Waals surface area contributed by atoms with Gasteiger partial charge < -0.3 is 9.47 Å². The fraction of sp³-hybridized carbons (Fsp3) is 0.591. The molecule has 1 saturated carbocycles. The van der Waals surface area contributed by atoms with Crippen LogP contribution in [0, 0.1) is 12.3 Å². The third-order valence-electron chi connectivity index (χ3n) is 6.03. The minimum Gasteiger partial charge on any atom is -0.453 e. The lowest BCUT2D eigenvalue weighted by atomic mass is 9.83. The molecule has 3 rings (SSSR count). The van der Waals surface area contributed by atoms with E-state index in [1.807, 2.05) is 6.07 Å². The van der Waals surface area contributed by atoms with Crippen LogP contribution in [0.3, 0.4) is 0 Å². The van der Waals surface area contributed by atoms with Gasteiger partial charge in [-0.05, 0) is 43.6 Å². The zero-order valence-electron chi connectivity index (χ0n) is 17.5. The lowest BCUT2D eigenvalue weighted by Gasteiger charge is -2.33. The van der Waals surface area contributed by atoms with E-state index in [9.17, 15) is 13.2 Å². The second-order valence-corrected chi connectivity index (χ2v) is 9.86. The second-order valence-electron chi connectivity index (χ2n) is 8.08. The molecule has 2 fully saturated rings. The average Bonchev–Trinajstić information content (AvgIpc) is 3.08. The number of nitrogens with zero attached hydrogens (tertiary/aromatic N) is 1. The van der Waals surface area contributed by atoms with Gasteiger partial charge in [-0.15, -0.1) is 6.42 Å². The van der Waals surface area contributed by atoms with Gasteiger partial charge in [0.1, 0.15) is 0 Å². The van der Waals surface area contributed by atoms with Crippen LogP contribution in [-0.2, 0) is 19.5 Å². The van der Waals surface area contributed by atoms with Gasteiger partial charge in [0.15, 0.2) is 0 Å². The standard InChI is InChI=1S/C22H30N2O5S/c1-4-18-14-20(23-30(3,26)27)21(24(18)22(25)28-2)15-29-19-12-10-17(11-13-19)16-8-6-5-7-9-16/h1,5-9,17-21,23H,10-15H2,2-3H3/t17-,18-,19+,20+,21+/m1/s1. The van der Waals surface area contributed by atoms with Crippen molar-refractivity contribution >= 4 is 16.1 Å². The number of sulfonamides is 1. The number of rotatable bonds is 6. The van der Waals surface area contributed by atoms with Crippen LogP contribution < -0.4 is 4.72 Å². The molecular weight excluding hydrogens is 404 g/mol. The van der Waals surface area contributed by atoms with Gasteiger partial charge in [0.25, 0.3) is 0 Å². The van der Waals surface area contributed by atoms with E-state index in [1.54, 1.807) is 0 Å². The summed E-state index contributed by atoms with van der Waals surface area (Å²) in [5.41, 5.74) is 1.36. The monoisotopic (exact) mass is 434 g/mol. The molecule has 164 valence electrons. The second kappa shape index (κ2) is 9.82. The first-order valence-electron chi connectivity index (χ1n) is 10.3. The van der Waals surface area contributed by atoms with Crippen LogP contribution in [0.5, 0.6) is 0 Å². The number of benzene rings is 1. The Morgan fingerprint density at radius 1 is 1.23 bits per heavy atom. The Balaban J connectivity index is 1.63. The first-order chi connectivity index (χ1) is 14.3. The fourth-order valence-electron chi connectivity index (χ4n) is 4.57. The van der Waals surface area contributed by atoms with Crippen LogP contribution in [0.2, 0.25) is 0 Å². The molecule has 1 N–H and O–H groups in total. The van der Waals surface area contributed by atoms with Crippen LogP contribution in [0.15, 0.2) is 30.3 Å². The van der Waals surface area contributed by atoms with Crippen LogP contribution in [-0.4, -0.2) is 63.6 Å². The van der Waals surface area contributed by atoms with Gasteiger partial charge in [-0.3, -0.25) is 4.90 Å². The molecule has 8 heteroatoms. The largest absolute Gasteiger partial charge is 0.453 e. The van der Waals surface area contributed by atoms with Crippen molar-refractivity contribution in [1.82, 2.24) is 9.62 Å². The Bertz CT molecular complexity index is 859. The van der Waals surface area contributed by atoms with E-state index < -0.39 is 34.2 Å². The zero-order valence-corrected chi connectivity index (χ0v) is 18.3. The van der Waals surface area contributed by atoms with E-state index >= 15 is 0 Å². The molecule has 1 amide bonds. The molecule has 1 heterocycles. The summed E-state index contributed by atoms with van der Waals surface area (Å²) in [4.78, 5) is 13.8. The van der Waals surface area contributed by atoms with E-state index in [1.165, 1.54) is 17.6 Å². The van der Waals surface area contributed by atoms with Crippen molar-refractivity contribution in [2.45, 2.75) is 62.3 Å². The molecule has 0 aromatic heterocycles. The Morgan fingerprint density at radius 3 is 2.47 bits per heavy atom. The summed E-state index contributed by atoms with van der Waals surface area (Å²) >= 11 is 0. The summed E-state index contributed by atoms with van der Waals surface area (Å²) < 4.78 is 37.3. The van der Waals surface area contributed by atoms with Crippen molar-refractivity contribution in [3.05, 3.63) is 35.9 Å². The highest BCUT2D eigenvalue weighted by Crippen LogP contribution is 2.34. The molecular formula is C22H30N2O5S. The number of likely N-dealkylation sites (tertiary alicyclic amines) is 1. The number of hydrogen-bond donors (Lipinski definition) is 1. The van der Waals surface area contributed by atoms with Crippen LogP contribution in [0.4, 0.5) is 4.79 Å². The minimum atomic E-state index is -3.46. The van der Waals surface area contributed by atoms with E-state index in [0.717, 1.165) is 31.9 Å². The SMILES string of the molecule is C#C[C@@H]1C[C@H](NS(C)(=O)=O)[C@H](CO[C@H]2CC[C@@H](c3ccccc3)CC2)N1C(=O)OC. The van der Waals surface area contributed by atoms with Crippen molar-refractivity contribution in [3.8, 4) is 12.3 Å². The Morgan fingerprint density at radius 2 is 1.90 bits per heavy atom. The fourth-order valence-corrected chi connectivity index (χ4v) is 5.38. The lowest BCUT2D eigenvalue weighted by molar-refractivity contribution is -0.00730. The third-order valence-corrected chi connectivity index (χ3v) is 6.76. The summed E-state index contributed by atoms with van der Waals surface area (Å²) in [5, 5.41) is 0. The number of nitrogens with one attached hydrogen (secondary N) is 1. The molecule has 0 spiro atoms. The molecule has 1 aromatic carbocycles. The maximum Gasteiger partial charge on any atom is 0.410 e. The van der Waals surface area contributed by atoms with Crippen molar-refractivity contribution in [3.63, 3.8) is 0 Å². The maximum absolute atomic E-state index is 12.3. The van der Waals surface area contributed by atoms with Gasteiger partial charge in [0.05, 0.1) is 38.2 Å². The number of terminal acetylenes is 1. The number of ether oxygens (including phenoxy) is 2. The predicted molar refractivity (Wildman–Crippen MR) is 114 cm³/mol. The Kier molecular flexibility index (Phi) is 7.40. The quantitative estimate of drug-likeness (QED) is 0.696. The Labute approximate surface area is 179 Å². The molecule has 0 radical (unpaired) electrons. The highest BCUT2D eigenvalue weighted by molar-refractivity contribution is 7.88. The highest BCUT2D eigenvalue weighted by atomic mass is 32.2. The molecule has 3 atom stereocenters.